The summed E-state index contributed by atoms with van der Waals surface area (Å²) in [7, 11) is 0. The van der Waals surface area contributed by atoms with Gasteiger partial charge in [-0.1, -0.05) is 13.3 Å². The van der Waals surface area contributed by atoms with E-state index in [0.29, 0.717) is 19.3 Å². The molecule has 0 spiro atoms. The summed E-state index contributed by atoms with van der Waals surface area (Å²) in [4.78, 5) is 0. The zero-order valence-electron chi connectivity index (χ0n) is 11.6. The van der Waals surface area contributed by atoms with Crippen molar-refractivity contribution in [1.82, 2.24) is 0 Å². The fourth-order valence-corrected chi connectivity index (χ4v) is 2.79. The number of rotatable bonds is 5. The van der Waals surface area contributed by atoms with Crippen LogP contribution >= 0.6 is 0 Å². The van der Waals surface area contributed by atoms with Crippen molar-refractivity contribution in [1.29, 1.82) is 31.6 Å². The van der Waals surface area contributed by atoms with Crippen molar-refractivity contribution in [2.45, 2.75) is 32.6 Å². The first-order chi connectivity index (χ1) is 10.0. The molecule has 6 nitrogen and oxygen atoms in total. The highest BCUT2D eigenvalue weighted by atomic mass is 14.7. The fraction of sp³-hybridized carbons (Fsp3) is 0.600. The van der Waals surface area contributed by atoms with E-state index in [-0.39, 0.29) is 6.42 Å². The molecule has 0 unspecified atom stereocenters. The Morgan fingerprint density at radius 2 is 1.29 bits per heavy atom. The average Bonchev–Trinajstić information content (AvgIpc) is 3.36. The number of nitriles is 6. The van der Waals surface area contributed by atoms with Crippen LogP contribution in [-0.4, -0.2) is 0 Å². The molecule has 1 saturated carbocycles. The van der Waals surface area contributed by atoms with Gasteiger partial charge in [-0.15, -0.1) is 0 Å². The smallest absolute Gasteiger partial charge is 0.196 e. The Kier molecular flexibility index (Phi) is 4.20. The summed E-state index contributed by atoms with van der Waals surface area (Å²) in [5.41, 5.74) is -6.25. The molecule has 0 bridgehead atoms. The Morgan fingerprint density at radius 3 is 1.52 bits per heavy atom. The van der Waals surface area contributed by atoms with Crippen molar-refractivity contribution in [3.63, 3.8) is 0 Å². The summed E-state index contributed by atoms with van der Waals surface area (Å²) in [6.07, 6.45) is 1.40. The summed E-state index contributed by atoms with van der Waals surface area (Å²) < 4.78 is 0. The first-order valence-corrected chi connectivity index (χ1v) is 6.51. The fourth-order valence-electron chi connectivity index (χ4n) is 2.79. The van der Waals surface area contributed by atoms with E-state index in [0.717, 1.165) is 0 Å². The van der Waals surface area contributed by atoms with Gasteiger partial charge in [0.25, 0.3) is 0 Å². The maximum absolute atomic E-state index is 9.60. The predicted molar refractivity (Wildman–Crippen MR) is 68.6 cm³/mol. The molecule has 0 aromatic heterocycles. The van der Waals surface area contributed by atoms with Gasteiger partial charge in [0.15, 0.2) is 10.8 Å². The minimum absolute atomic E-state index is 0.0427. The zero-order chi connectivity index (χ0) is 16.1. The van der Waals surface area contributed by atoms with Crippen LogP contribution < -0.4 is 0 Å². The quantitative estimate of drug-likeness (QED) is 0.753. The van der Waals surface area contributed by atoms with Crippen LogP contribution in [0.4, 0.5) is 0 Å². The maximum atomic E-state index is 9.60. The second-order valence-corrected chi connectivity index (χ2v) is 5.16. The van der Waals surface area contributed by atoms with Crippen molar-refractivity contribution in [3.8, 4) is 36.4 Å². The average molecular weight is 276 g/mol. The molecule has 1 aliphatic carbocycles. The van der Waals surface area contributed by atoms with Gasteiger partial charge < -0.3 is 0 Å². The molecule has 0 saturated heterocycles. The van der Waals surface area contributed by atoms with Gasteiger partial charge in [-0.05, 0) is 25.2 Å². The van der Waals surface area contributed by atoms with Gasteiger partial charge in [0.2, 0.25) is 5.41 Å². The van der Waals surface area contributed by atoms with Crippen molar-refractivity contribution >= 4 is 0 Å². The van der Waals surface area contributed by atoms with Crippen LogP contribution in [-0.2, 0) is 0 Å². The van der Waals surface area contributed by atoms with Gasteiger partial charge in [0.05, 0.1) is 36.4 Å². The Hall–Kier alpha value is -3.06. The molecule has 0 heterocycles. The van der Waals surface area contributed by atoms with E-state index in [1.165, 1.54) is 0 Å². The van der Waals surface area contributed by atoms with Gasteiger partial charge in [-0.2, -0.15) is 31.6 Å². The largest absolute Gasteiger partial charge is 0.207 e. The first kappa shape index (κ1) is 16.0. The monoisotopic (exact) mass is 276 g/mol. The van der Waals surface area contributed by atoms with Crippen LogP contribution in [0.2, 0.25) is 0 Å². The highest BCUT2D eigenvalue weighted by Gasteiger charge is 2.71. The first-order valence-electron chi connectivity index (χ1n) is 6.51. The number of nitrogens with zero attached hydrogens (tertiary/aromatic N) is 6. The molecule has 1 rings (SSSR count). The van der Waals surface area contributed by atoms with E-state index < -0.39 is 22.2 Å². The van der Waals surface area contributed by atoms with Crippen LogP contribution in [0, 0.1) is 90.1 Å². The second kappa shape index (κ2) is 5.51. The summed E-state index contributed by atoms with van der Waals surface area (Å²) >= 11 is 0. The van der Waals surface area contributed by atoms with Crippen molar-refractivity contribution in [3.05, 3.63) is 0 Å². The molecule has 21 heavy (non-hydrogen) atoms. The topological polar surface area (TPSA) is 143 Å². The molecule has 102 valence electrons. The lowest BCUT2D eigenvalue weighted by Gasteiger charge is -2.39. The lowest BCUT2D eigenvalue weighted by Crippen LogP contribution is -2.51. The number of hydrogen-bond donors (Lipinski definition) is 0. The van der Waals surface area contributed by atoms with Gasteiger partial charge in [0, 0.05) is 0 Å². The lowest BCUT2D eigenvalue weighted by molar-refractivity contribution is 0.143. The summed E-state index contributed by atoms with van der Waals surface area (Å²) in [6.45, 7) is 1.71. The Balaban J connectivity index is 3.78. The second-order valence-electron chi connectivity index (χ2n) is 5.16. The molecule has 0 N–H and O–H groups in total. The zero-order valence-corrected chi connectivity index (χ0v) is 11.6. The van der Waals surface area contributed by atoms with Gasteiger partial charge in [-0.25, -0.2) is 0 Å². The summed E-state index contributed by atoms with van der Waals surface area (Å²) in [5.74, 6) is -0.454. The summed E-state index contributed by atoms with van der Waals surface area (Å²) in [6, 6.07) is 10.5. The third kappa shape index (κ3) is 1.79. The third-order valence-corrected chi connectivity index (χ3v) is 4.12. The Bertz CT molecular complexity index is 633. The van der Waals surface area contributed by atoms with E-state index in [4.69, 9.17) is 0 Å². The van der Waals surface area contributed by atoms with Crippen LogP contribution in [0.15, 0.2) is 0 Å². The Labute approximate surface area is 123 Å². The van der Waals surface area contributed by atoms with Crippen LogP contribution in [0.1, 0.15) is 32.6 Å². The van der Waals surface area contributed by atoms with E-state index in [1.54, 1.807) is 43.3 Å². The van der Waals surface area contributed by atoms with E-state index >= 15 is 0 Å². The minimum atomic E-state index is -2.29. The third-order valence-electron chi connectivity index (χ3n) is 4.12. The molecule has 6 heteroatoms. The molecular formula is C15H12N6. The van der Waals surface area contributed by atoms with Crippen LogP contribution in [0.25, 0.3) is 0 Å². The molecule has 0 atom stereocenters. The molecule has 0 aliphatic heterocycles. The summed E-state index contributed by atoms with van der Waals surface area (Å²) in [5, 5.41) is 57.2. The van der Waals surface area contributed by atoms with Crippen molar-refractivity contribution in [2.24, 2.45) is 22.2 Å². The van der Waals surface area contributed by atoms with Gasteiger partial charge in [0.1, 0.15) is 0 Å². The van der Waals surface area contributed by atoms with Crippen molar-refractivity contribution < 1.29 is 0 Å². The van der Waals surface area contributed by atoms with Crippen molar-refractivity contribution in [2.75, 3.05) is 0 Å². The normalized spacial score (nSPS) is 14.4. The van der Waals surface area contributed by atoms with E-state index in [1.807, 2.05) is 0 Å². The standard InChI is InChI=1S/C15H12N6/c1-2-5-13(6-16,7-17)15(10-20,11-21)14(8-18,9-19)12-3-4-12/h12H,2-5H2,1H3. The van der Waals surface area contributed by atoms with Crippen LogP contribution in [0.3, 0.4) is 0 Å². The van der Waals surface area contributed by atoms with E-state index in [2.05, 4.69) is 0 Å². The van der Waals surface area contributed by atoms with Crippen LogP contribution in [0.5, 0.6) is 0 Å². The lowest BCUT2D eigenvalue weighted by atomic mass is 9.50. The highest BCUT2D eigenvalue weighted by Crippen LogP contribution is 2.61. The molecule has 1 fully saturated rings. The maximum Gasteiger partial charge on any atom is 0.207 e. The molecular weight excluding hydrogens is 264 g/mol. The number of hydrogen-bond acceptors (Lipinski definition) is 6. The molecule has 0 radical (unpaired) electrons. The molecule has 0 aromatic rings. The minimum Gasteiger partial charge on any atom is -0.196 e. The van der Waals surface area contributed by atoms with Gasteiger partial charge in [-0.3, -0.25) is 0 Å². The van der Waals surface area contributed by atoms with Gasteiger partial charge >= 0.3 is 0 Å². The highest BCUT2D eigenvalue weighted by molar-refractivity contribution is 5.46. The predicted octanol–water partition coefficient (Wildman–Crippen LogP) is 2.30. The molecule has 1 aliphatic rings. The molecule has 0 amide bonds. The Morgan fingerprint density at radius 1 is 0.810 bits per heavy atom. The molecule has 0 aromatic carbocycles. The van der Waals surface area contributed by atoms with E-state index in [9.17, 15) is 31.6 Å². The SMILES string of the molecule is CCCC(C#N)(C#N)C(C#N)(C#N)C(C#N)(C#N)C1CC1.